The van der Waals surface area contributed by atoms with Crippen molar-refractivity contribution < 1.29 is 14.4 Å². The van der Waals surface area contributed by atoms with Crippen LogP contribution in [0.4, 0.5) is 5.69 Å². The van der Waals surface area contributed by atoms with Crippen molar-refractivity contribution in [2.24, 2.45) is 10.6 Å². The van der Waals surface area contributed by atoms with Crippen LogP contribution in [0, 0.1) is 5.41 Å². The summed E-state index contributed by atoms with van der Waals surface area (Å²) >= 11 is 11.7. The molecule has 0 unspecified atom stereocenters. The summed E-state index contributed by atoms with van der Waals surface area (Å²) in [6, 6.07) is 14.5. The molecule has 27 heavy (non-hydrogen) atoms. The number of rotatable bonds is 5. The highest BCUT2D eigenvalue weighted by atomic mass is 35.5. The minimum absolute atomic E-state index is 0.0872. The Hall–Kier alpha value is -2.37. The zero-order valence-electron chi connectivity index (χ0n) is 14.9. The topological polar surface area (TPSA) is 59.0 Å². The monoisotopic (exact) mass is 404 g/mol. The number of anilines is 1. The average molecular weight is 405 g/mol. The van der Waals surface area contributed by atoms with Crippen molar-refractivity contribution in [2.75, 3.05) is 10.8 Å². The number of carbonyl (C=O) groups is 2. The number of fused-ring (bicyclic) bond motifs is 1. The highest BCUT2D eigenvalue weighted by molar-refractivity contribution is 6.54. The molecule has 0 aromatic heterocycles. The predicted molar refractivity (Wildman–Crippen MR) is 106 cm³/mol. The molecule has 0 spiro atoms. The third kappa shape index (κ3) is 3.99. The van der Waals surface area contributed by atoms with Crippen LogP contribution in [0.5, 0.6) is 0 Å². The lowest BCUT2D eigenvalue weighted by Gasteiger charge is -2.17. The van der Waals surface area contributed by atoms with E-state index in [-0.39, 0.29) is 17.5 Å². The first-order chi connectivity index (χ1) is 12.8. The van der Waals surface area contributed by atoms with E-state index in [0.29, 0.717) is 22.8 Å². The molecule has 1 aliphatic rings. The van der Waals surface area contributed by atoms with E-state index in [0.717, 1.165) is 5.56 Å². The van der Waals surface area contributed by atoms with Gasteiger partial charge in [0.15, 0.2) is 5.71 Å². The lowest BCUT2D eigenvalue weighted by Crippen LogP contribution is -2.31. The van der Waals surface area contributed by atoms with E-state index >= 15 is 0 Å². The molecule has 7 heteroatoms. The Kier molecular flexibility index (Phi) is 5.53. The quantitative estimate of drug-likeness (QED) is 0.421. The number of nitrogens with zero attached hydrogens (tertiary/aromatic N) is 2. The minimum atomic E-state index is -0.893. The van der Waals surface area contributed by atoms with Crippen molar-refractivity contribution >= 4 is 46.5 Å². The van der Waals surface area contributed by atoms with Crippen molar-refractivity contribution in [3.05, 3.63) is 64.7 Å². The Morgan fingerprint density at radius 1 is 1.15 bits per heavy atom. The smallest absolute Gasteiger partial charge is 0.317 e. The zero-order chi connectivity index (χ0) is 19.6. The van der Waals surface area contributed by atoms with Gasteiger partial charge in [-0.05, 0) is 37.6 Å². The van der Waals surface area contributed by atoms with Gasteiger partial charge in [-0.25, -0.2) is 4.79 Å². The standard InChI is InChI=1S/C20H18Cl2N2O3/c1-20(2,12-21)19(26)27-23-17-15-5-3-4-6-16(15)24(18(17)25)11-13-7-9-14(22)10-8-13/h3-10H,11-12H2,1-2H3/b23-17+. The van der Waals surface area contributed by atoms with Gasteiger partial charge in [-0.15, -0.1) is 11.6 Å². The summed E-state index contributed by atoms with van der Waals surface area (Å²) in [7, 11) is 0. The van der Waals surface area contributed by atoms with Crippen molar-refractivity contribution in [2.45, 2.75) is 20.4 Å². The van der Waals surface area contributed by atoms with Crippen LogP contribution in [-0.2, 0) is 21.0 Å². The van der Waals surface area contributed by atoms with Gasteiger partial charge in [-0.3, -0.25) is 4.79 Å². The van der Waals surface area contributed by atoms with Crippen LogP contribution in [0.2, 0.25) is 5.02 Å². The SMILES string of the molecule is CC(C)(CCl)C(=O)O/N=C1/C(=O)N(Cc2ccc(Cl)cc2)c2ccccc21. The first-order valence-corrected chi connectivity index (χ1v) is 9.26. The molecule has 0 N–H and O–H groups in total. The summed E-state index contributed by atoms with van der Waals surface area (Å²) in [5, 5.41) is 4.49. The van der Waals surface area contributed by atoms with Gasteiger partial charge < -0.3 is 9.74 Å². The van der Waals surface area contributed by atoms with Gasteiger partial charge in [-0.1, -0.05) is 47.1 Å². The van der Waals surface area contributed by atoms with Gasteiger partial charge in [0, 0.05) is 16.5 Å². The van der Waals surface area contributed by atoms with E-state index < -0.39 is 11.4 Å². The molecule has 2 aromatic rings. The lowest BCUT2D eigenvalue weighted by molar-refractivity contribution is -0.152. The molecule has 5 nitrogen and oxygen atoms in total. The number of carbonyl (C=O) groups excluding carboxylic acids is 2. The van der Waals surface area contributed by atoms with Crippen LogP contribution in [0.3, 0.4) is 0 Å². The number of hydrogen-bond acceptors (Lipinski definition) is 4. The molecule has 0 saturated carbocycles. The van der Waals surface area contributed by atoms with Gasteiger partial charge in [-0.2, -0.15) is 0 Å². The van der Waals surface area contributed by atoms with Crippen LogP contribution in [-0.4, -0.2) is 23.5 Å². The normalized spacial score (nSPS) is 15.2. The number of para-hydroxylation sites is 1. The van der Waals surface area contributed by atoms with E-state index in [1.54, 1.807) is 43.0 Å². The number of oxime groups is 1. The minimum Gasteiger partial charge on any atom is -0.317 e. The van der Waals surface area contributed by atoms with Crippen molar-refractivity contribution in [3.8, 4) is 0 Å². The molecule has 0 bridgehead atoms. The van der Waals surface area contributed by atoms with E-state index in [1.807, 2.05) is 24.3 Å². The Morgan fingerprint density at radius 2 is 1.81 bits per heavy atom. The van der Waals surface area contributed by atoms with Gasteiger partial charge in [0.05, 0.1) is 17.6 Å². The van der Waals surface area contributed by atoms with E-state index in [1.165, 1.54) is 0 Å². The Bertz CT molecular complexity index is 908. The molecule has 3 rings (SSSR count). The van der Waals surface area contributed by atoms with Crippen LogP contribution in [0.1, 0.15) is 25.0 Å². The summed E-state index contributed by atoms with van der Waals surface area (Å²) in [6.07, 6.45) is 0. The Labute approximate surface area is 167 Å². The lowest BCUT2D eigenvalue weighted by atomic mass is 9.97. The molecule has 0 radical (unpaired) electrons. The second-order valence-corrected chi connectivity index (χ2v) is 7.57. The number of alkyl halides is 1. The maximum atomic E-state index is 12.9. The Balaban J connectivity index is 1.89. The molecule has 1 amide bonds. The Morgan fingerprint density at radius 3 is 2.48 bits per heavy atom. The van der Waals surface area contributed by atoms with Crippen LogP contribution >= 0.6 is 23.2 Å². The zero-order valence-corrected chi connectivity index (χ0v) is 16.4. The van der Waals surface area contributed by atoms with Gasteiger partial charge >= 0.3 is 5.97 Å². The van der Waals surface area contributed by atoms with E-state index in [4.69, 9.17) is 28.0 Å². The molecule has 1 heterocycles. The summed E-state index contributed by atoms with van der Waals surface area (Å²) in [6.45, 7) is 3.66. The van der Waals surface area contributed by atoms with E-state index in [2.05, 4.69) is 5.16 Å². The number of hydrogen-bond donors (Lipinski definition) is 0. The number of halogens is 2. The predicted octanol–water partition coefficient (Wildman–Crippen LogP) is 4.40. The highest BCUT2D eigenvalue weighted by Crippen LogP contribution is 2.31. The number of amides is 1. The molecule has 0 aliphatic carbocycles. The first-order valence-electron chi connectivity index (χ1n) is 8.34. The second-order valence-electron chi connectivity index (χ2n) is 6.87. The highest BCUT2D eigenvalue weighted by Gasteiger charge is 2.35. The van der Waals surface area contributed by atoms with Gasteiger partial charge in [0.2, 0.25) is 0 Å². The fraction of sp³-hybridized carbons (Fsp3) is 0.250. The third-order valence-electron chi connectivity index (χ3n) is 4.26. The average Bonchev–Trinajstić information content (AvgIpc) is 2.93. The molecular weight excluding hydrogens is 387 g/mol. The third-order valence-corrected chi connectivity index (χ3v) is 5.18. The maximum Gasteiger partial charge on any atom is 0.341 e. The molecule has 0 atom stereocenters. The van der Waals surface area contributed by atoms with Gasteiger partial charge in [0.1, 0.15) is 0 Å². The molecule has 140 valence electrons. The van der Waals surface area contributed by atoms with Gasteiger partial charge in [0.25, 0.3) is 5.91 Å². The molecule has 2 aromatic carbocycles. The molecule has 0 fully saturated rings. The van der Waals surface area contributed by atoms with Crippen molar-refractivity contribution in [3.63, 3.8) is 0 Å². The van der Waals surface area contributed by atoms with Crippen molar-refractivity contribution in [1.29, 1.82) is 0 Å². The largest absolute Gasteiger partial charge is 0.341 e. The molecular formula is C20H18Cl2N2O3. The second kappa shape index (κ2) is 7.71. The van der Waals surface area contributed by atoms with E-state index in [9.17, 15) is 9.59 Å². The van der Waals surface area contributed by atoms with Crippen molar-refractivity contribution in [1.82, 2.24) is 0 Å². The molecule has 0 saturated heterocycles. The number of benzene rings is 2. The van der Waals surface area contributed by atoms with Crippen LogP contribution < -0.4 is 4.90 Å². The maximum absolute atomic E-state index is 12.9. The summed E-state index contributed by atoms with van der Waals surface area (Å²) in [4.78, 5) is 31.7. The first kappa shape index (κ1) is 19.4. The fourth-order valence-electron chi connectivity index (χ4n) is 2.54. The summed E-state index contributed by atoms with van der Waals surface area (Å²) in [5.74, 6) is -0.835. The summed E-state index contributed by atoms with van der Waals surface area (Å²) in [5.41, 5.74) is 1.45. The molecule has 1 aliphatic heterocycles. The fourth-order valence-corrected chi connectivity index (χ4v) is 2.78. The summed E-state index contributed by atoms with van der Waals surface area (Å²) < 4.78 is 0. The van der Waals surface area contributed by atoms with Crippen LogP contribution in [0.25, 0.3) is 0 Å². The van der Waals surface area contributed by atoms with Crippen LogP contribution in [0.15, 0.2) is 53.7 Å².